The van der Waals surface area contributed by atoms with E-state index in [9.17, 15) is 0 Å². The van der Waals surface area contributed by atoms with Crippen LogP contribution in [0.3, 0.4) is 0 Å². The van der Waals surface area contributed by atoms with Crippen LogP contribution in [0.25, 0.3) is 0 Å². The molecule has 5 nitrogen and oxygen atoms in total. The summed E-state index contributed by atoms with van der Waals surface area (Å²) < 4.78 is 5.64. The summed E-state index contributed by atoms with van der Waals surface area (Å²) >= 11 is 0. The highest BCUT2D eigenvalue weighted by atomic mass is 16.5. The topological polar surface area (TPSA) is 84.9 Å². The quantitative estimate of drug-likeness (QED) is 0.663. The lowest BCUT2D eigenvalue weighted by Gasteiger charge is -2.19. The first-order chi connectivity index (χ1) is 9.38. The summed E-state index contributed by atoms with van der Waals surface area (Å²) in [6, 6.07) is 9.38. The van der Waals surface area contributed by atoms with Crippen LogP contribution < -0.4 is 10.5 Å². The van der Waals surface area contributed by atoms with Gasteiger partial charge < -0.3 is 10.5 Å². The second-order valence-electron chi connectivity index (χ2n) is 5.54. The highest BCUT2D eigenvalue weighted by molar-refractivity contribution is 5.96. The molecule has 1 aromatic carbocycles. The molecule has 0 bridgehead atoms. The Morgan fingerprint density at radius 3 is 2.35 bits per heavy atom. The molecule has 1 aromatic heterocycles. The zero-order chi connectivity index (χ0) is 14.8. The summed E-state index contributed by atoms with van der Waals surface area (Å²) in [6.45, 7) is 6.46. The van der Waals surface area contributed by atoms with Gasteiger partial charge in [0.2, 0.25) is 5.88 Å². The summed E-state index contributed by atoms with van der Waals surface area (Å²) in [6.07, 6.45) is 1.48. The van der Waals surface area contributed by atoms with Crippen molar-refractivity contribution in [3.8, 4) is 11.6 Å². The van der Waals surface area contributed by atoms with Crippen molar-refractivity contribution in [1.29, 1.82) is 5.41 Å². The van der Waals surface area contributed by atoms with Crippen molar-refractivity contribution in [2.45, 2.75) is 26.2 Å². The van der Waals surface area contributed by atoms with E-state index in [1.807, 2.05) is 24.3 Å². The van der Waals surface area contributed by atoms with Gasteiger partial charge in [0, 0.05) is 0 Å². The van der Waals surface area contributed by atoms with Gasteiger partial charge in [0.15, 0.2) is 0 Å². The lowest BCUT2D eigenvalue weighted by atomic mass is 9.87. The molecular weight excluding hydrogens is 252 g/mol. The zero-order valence-electron chi connectivity index (χ0n) is 11.8. The third kappa shape index (κ3) is 3.12. The summed E-state index contributed by atoms with van der Waals surface area (Å²) in [5.74, 6) is 0.783. The number of nitrogens with one attached hydrogen (secondary N) is 1. The number of benzene rings is 1. The Bertz CT molecular complexity index is 615. The fraction of sp³-hybridized carbons (Fsp3) is 0.267. The van der Waals surface area contributed by atoms with E-state index in [1.165, 1.54) is 11.8 Å². The van der Waals surface area contributed by atoms with Gasteiger partial charge in [0.1, 0.15) is 11.6 Å². The molecule has 0 fully saturated rings. The van der Waals surface area contributed by atoms with E-state index in [-0.39, 0.29) is 17.1 Å². The third-order valence-electron chi connectivity index (χ3n) is 2.91. The Labute approximate surface area is 118 Å². The van der Waals surface area contributed by atoms with Gasteiger partial charge in [-0.1, -0.05) is 32.9 Å². The van der Waals surface area contributed by atoms with Crippen LogP contribution in [0.2, 0.25) is 0 Å². The Morgan fingerprint density at radius 2 is 1.80 bits per heavy atom. The largest absolute Gasteiger partial charge is 0.437 e. The molecule has 2 rings (SSSR count). The van der Waals surface area contributed by atoms with E-state index in [0.717, 1.165) is 0 Å². The van der Waals surface area contributed by atoms with Crippen molar-refractivity contribution < 1.29 is 4.74 Å². The molecule has 2 aromatic rings. The number of hydrogen-bond donors (Lipinski definition) is 2. The number of nitrogens with two attached hydrogens (primary N) is 1. The number of aromatic nitrogens is 2. The van der Waals surface area contributed by atoms with E-state index in [0.29, 0.717) is 11.3 Å². The Kier molecular flexibility index (Phi) is 3.70. The highest BCUT2D eigenvalue weighted by Crippen LogP contribution is 2.27. The van der Waals surface area contributed by atoms with Gasteiger partial charge in [-0.25, -0.2) is 0 Å². The number of rotatable bonds is 3. The molecule has 0 amide bonds. The molecule has 0 aliphatic carbocycles. The van der Waals surface area contributed by atoms with E-state index in [2.05, 4.69) is 31.0 Å². The number of nitrogens with zero attached hydrogens (tertiary/aromatic N) is 2. The zero-order valence-corrected chi connectivity index (χ0v) is 11.8. The van der Waals surface area contributed by atoms with Gasteiger partial charge in [-0.3, -0.25) is 5.41 Å². The van der Waals surface area contributed by atoms with Crippen molar-refractivity contribution in [3.05, 3.63) is 47.7 Å². The summed E-state index contributed by atoms with van der Waals surface area (Å²) in [5, 5.41) is 15.1. The van der Waals surface area contributed by atoms with Crippen LogP contribution in [-0.2, 0) is 5.41 Å². The van der Waals surface area contributed by atoms with Crippen LogP contribution in [0.15, 0.2) is 36.5 Å². The molecule has 0 spiro atoms. The lowest BCUT2D eigenvalue weighted by Crippen LogP contribution is -2.13. The lowest BCUT2D eigenvalue weighted by molar-refractivity contribution is 0.453. The molecule has 1 heterocycles. The second kappa shape index (κ2) is 5.28. The fourth-order valence-electron chi connectivity index (χ4n) is 1.73. The van der Waals surface area contributed by atoms with Gasteiger partial charge >= 0.3 is 0 Å². The molecule has 3 N–H and O–H groups in total. The average molecular weight is 270 g/mol. The van der Waals surface area contributed by atoms with Gasteiger partial charge in [-0.2, -0.15) is 5.10 Å². The SMILES string of the molecule is CC(C)(C)c1ccc(Oc2nnccc2C(=N)N)cc1. The maximum absolute atomic E-state index is 7.49. The van der Waals surface area contributed by atoms with Crippen molar-refractivity contribution in [2.24, 2.45) is 5.73 Å². The minimum atomic E-state index is -0.0961. The molecule has 0 saturated heterocycles. The van der Waals surface area contributed by atoms with Crippen LogP contribution in [-0.4, -0.2) is 16.0 Å². The van der Waals surface area contributed by atoms with Crippen LogP contribution in [0.5, 0.6) is 11.6 Å². The maximum Gasteiger partial charge on any atom is 0.249 e. The molecule has 20 heavy (non-hydrogen) atoms. The standard InChI is InChI=1S/C15H18N4O/c1-15(2,3)10-4-6-11(7-5-10)20-14-12(13(16)17)8-9-18-19-14/h4-9H,1-3H3,(H3,16,17). The fourth-order valence-corrected chi connectivity index (χ4v) is 1.73. The van der Waals surface area contributed by atoms with Gasteiger partial charge in [-0.05, 0) is 29.2 Å². The van der Waals surface area contributed by atoms with E-state index >= 15 is 0 Å². The second-order valence-corrected chi connectivity index (χ2v) is 5.54. The van der Waals surface area contributed by atoms with Crippen molar-refractivity contribution in [2.75, 3.05) is 0 Å². The van der Waals surface area contributed by atoms with Gasteiger partial charge in [0.05, 0.1) is 11.8 Å². The molecular formula is C15H18N4O. The Hall–Kier alpha value is -2.43. The van der Waals surface area contributed by atoms with Crippen LogP contribution in [0.1, 0.15) is 31.9 Å². The number of nitrogen functional groups attached to an aromatic ring is 1. The predicted octanol–water partition coefficient (Wildman–Crippen LogP) is 2.85. The monoisotopic (exact) mass is 270 g/mol. The van der Waals surface area contributed by atoms with E-state index in [4.69, 9.17) is 15.9 Å². The molecule has 0 aliphatic rings. The highest BCUT2D eigenvalue weighted by Gasteiger charge is 2.14. The van der Waals surface area contributed by atoms with Crippen LogP contribution in [0.4, 0.5) is 0 Å². The third-order valence-corrected chi connectivity index (χ3v) is 2.91. The summed E-state index contributed by atoms with van der Waals surface area (Å²) in [5.41, 5.74) is 7.23. The maximum atomic E-state index is 7.49. The molecule has 0 radical (unpaired) electrons. The predicted molar refractivity (Wildman–Crippen MR) is 78.3 cm³/mol. The molecule has 0 unspecified atom stereocenters. The summed E-state index contributed by atoms with van der Waals surface area (Å²) in [7, 11) is 0. The smallest absolute Gasteiger partial charge is 0.249 e. The Morgan fingerprint density at radius 1 is 1.15 bits per heavy atom. The minimum absolute atomic E-state index is 0.0929. The first-order valence-electron chi connectivity index (χ1n) is 6.32. The molecule has 0 saturated carbocycles. The van der Waals surface area contributed by atoms with Crippen LogP contribution >= 0.6 is 0 Å². The van der Waals surface area contributed by atoms with E-state index in [1.54, 1.807) is 6.07 Å². The first-order valence-corrected chi connectivity index (χ1v) is 6.32. The normalized spacial score (nSPS) is 11.2. The number of amidine groups is 1. The first kappa shape index (κ1) is 14.0. The molecule has 0 atom stereocenters. The van der Waals surface area contributed by atoms with Crippen molar-refractivity contribution >= 4 is 5.84 Å². The average Bonchev–Trinajstić information content (AvgIpc) is 2.38. The molecule has 104 valence electrons. The number of hydrogen-bond acceptors (Lipinski definition) is 4. The van der Waals surface area contributed by atoms with Gasteiger partial charge in [-0.15, -0.1) is 5.10 Å². The minimum Gasteiger partial charge on any atom is -0.437 e. The van der Waals surface area contributed by atoms with E-state index < -0.39 is 0 Å². The molecule has 5 heteroatoms. The van der Waals surface area contributed by atoms with Crippen molar-refractivity contribution in [3.63, 3.8) is 0 Å². The van der Waals surface area contributed by atoms with Crippen LogP contribution in [0, 0.1) is 5.41 Å². The summed E-state index contributed by atoms with van der Waals surface area (Å²) in [4.78, 5) is 0. The Balaban J connectivity index is 2.25. The van der Waals surface area contributed by atoms with Crippen molar-refractivity contribution in [1.82, 2.24) is 10.2 Å². The van der Waals surface area contributed by atoms with Gasteiger partial charge in [0.25, 0.3) is 0 Å². The number of ether oxygens (including phenoxy) is 1. The molecule has 0 aliphatic heterocycles.